The second-order valence-electron chi connectivity index (χ2n) is 5.96. The van der Waals surface area contributed by atoms with Gasteiger partial charge in [-0.05, 0) is 40.5 Å². The van der Waals surface area contributed by atoms with Crippen molar-refractivity contribution in [2.75, 3.05) is 0 Å². The van der Waals surface area contributed by atoms with Gasteiger partial charge in [-0.3, -0.25) is 9.59 Å². The molecule has 0 saturated carbocycles. The van der Waals surface area contributed by atoms with Crippen LogP contribution in [0.5, 0.6) is 0 Å². The van der Waals surface area contributed by atoms with Gasteiger partial charge >= 0.3 is 0 Å². The highest BCUT2D eigenvalue weighted by molar-refractivity contribution is 5.89. The molecule has 0 aliphatic heterocycles. The van der Waals surface area contributed by atoms with Crippen LogP contribution in [0.4, 0.5) is 0 Å². The average molecular weight is 242 g/mol. The number of hydrogen-bond acceptors (Lipinski definition) is 3. The molecule has 17 heavy (non-hydrogen) atoms. The number of hydrogen-bond donors (Lipinski definition) is 2. The van der Waals surface area contributed by atoms with Gasteiger partial charge in [0.1, 0.15) is 0 Å². The van der Waals surface area contributed by atoms with Crippen molar-refractivity contribution < 1.29 is 9.59 Å². The Hall–Kier alpha value is -0.900. The Labute approximate surface area is 105 Å². The summed E-state index contributed by atoms with van der Waals surface area (Å²) in [5, 5.41) is 6.01. The lowest BCUT2D eigenvalue weighted by molar-refractivity contribution is -0.129. The molecule has 100 valence electrons. The monoisotopic (exact) mass is 242 g/mol. The van der Waals surface area contributed by atoms with Crippen LogP contribution in [-0.4, -0.2) is 29.3 Å². The van der Waals surface area contributed by atoms with Crippen LogP contribution in [0, 0.1) is 5.92 Å². The second kappa shape index (κ2) is 6.15. The Bertz CT molecular complexity index is 280. The van der Waals surface area contributed by atoms with Gasteiger partial charge in [0.2, 0.25) is 5.91 Å². The molecule has 0 spiro atoms. The standard InChI is InChI=1S/C13H26N2O2/c1-8(2)11(15-13(5,6)7)12(17)14-9(3)10(4)16/h8-9,11,15H,1-7H3,(H,14,17). The molecule has 1 amide bonds. The van der Waals surface area contributed by atoms with Crippen molar-refractivity contribution in [2.45, 2.75) is 66.1 Å². The van der Waals surface area contributed by atoms with Crippen LogP contribution < -0.4 is 10.6 Å². The summed E-state index contributed by atoms with van der Waals surface area (Å²) in [6, 6.07) is -0.706. The number of nitrogens with one attached hydrogen (secondary N) is 2. The summed E-state index contributed by atoms with van der Waals surface area (Å²) in [7, 11) is 0. The van der Waals surface area contributed by atoms with E-state index in [-0.39, 0.29) is 29.2 Å². The highest BCUT2D eigenvalue weighted by Crippen LogP contribution is 2.09. The number of rotatable bonds is 5. The predicted molar refractivity (Wildman–Crippen MR) is 69.8 cm³/mol. The summed E-state index contributed by atoms with van der Waals surface area (Å²) in [6.07, 6.45) is 0. The van der Waals surface area contributed by atoms with E-state index < -0.39 is 6.04 Å². The van der Waals surface area contributed by atoms with Crippen molar-refractivity contribution in [3.8, 4) is 0 Å². The molecule has 0 radical (unpaired) electrons. The minimum Gasteiger partial charge on any atom is -0.345 e. The molecular weight excluding hydrogens is 216 g/mol. The van der Waals surface area contributed by atoms with Crippen LogP contribution in [0.3, 0.4) is 0 Å². The molecule has 0 rings (SSSR count). The number of carbonyl (C=O) groups excluding carboxylic acids is 2. The summed E-state index contributed by atoms with van der Waals surface area (Å²) in [5.41, 5.74) is -0.133. The first-order valence-electron chi connectivity index (χ1n) is 6.13. The normalized spacial score (nSPS) is 15.5. The largest absolute Gasteiger partial charge is 0.345 e. The van der Waals surface area contributed by atoms with Gasteiger partial charge in [0.25, 0.3) is 0 Å². The highest BCUT2D eigenvalue weighted by atomic mass is 16.2. The van der Waals surface area contributed by atoms with E-state index >= 15 is 0 Å². The lowest BCUT2D eigenvalue weighted by atomic mass is 9.98. The SMILES string of the molecule is CC(=O)C(C)NC(=O)C(NC(C)(C)C)C(C)C. The van der Waals surface area contributed by atoms with Crippen LogP contribution in [-0.2, 0) is 9.59 Å². The van der Waals surface area contributed by atoms with Gasteiger partial charge < -0.3 is 10.6 Å². The number of ketones is 1. The molecule has 2 atom stereocenters. The summed E-state index contributed by atoms with van der Waals surface area (Å²) in [6.45, 7) is 13.2. The zero-order valence-corrected chi connectivity index (χ0v) is 12.0. The molecule has 0 bridgehead atoms. The van der Waals surface area contributed by atoms with Gasteiger partial charge in [-0.1, -0.05) is 13.8 Å². The summed E-state index contributed by atoms with van der Waals surface area (Å²) in [5.74, 6) is 0.0302. The molecule has 0 heterocycles. The van der Waals surface area contributed by atoms with Crippen molar-refractivity contribution in [2.24, 2.45) is 5.92 Å². The van der Waals surface area contributed by atoms with Crippen molar-refractivity contribution in [1.29, 1.82) is 0 Å². The molecule has 4 nitrogen and oxygen atoms in total. The maximum absolute atomic E-state index is 12.1. The van der Waals surface area contributed by atoms with Gasteiger partial charge in [0, 0.05) is 5.54 Å². The molecule has 4 heteroatoms. The topological polar surface area (TPSA) is 58.2 Å². The zero-order chi connectivity index (χ0) is 13.8. The third kappa shape index (κ3) is 6.41. The van der Waals surface area contributed by atoms with Crippen molar-refractivity contribution in [3.05, 3.63) is 0 Å². The molecule has 0 aliphatic carbocycles. The Kier molecular flexibility index (Phi) is 5.82. The molecule has 2 N–H and O–H groups in total. The third-order valence-electron chi connectivity index (χ3n) is 2.51. The first kappa shape index (κ1) is 16.1. The maximum Gasteiger partial charge on any atom is 0.237 e. The number of carbonyl (C=O) groups is 2. The van der Waals surface area contributed by atoms with Gasteiger partial charge in [0.15, 0.2) is 5.78 Å². The van der Waals surface area contributed by atoms with Crippen LogP contribution >= 0.6 is 0 Å². The molecule has 0 aromatic rings. The quantitative estimate of drug-likeness (QED) is 0.768. The molecule has 0 saturated heterocycles. The lowest BCUT2D eigenvalue weighted by Gasteiger charge is -2.30. The van der Waals surface area contributed by atoms with Gasteiger partial charge in [-0.2, -0.15) is 0 Å². The third-order valence-corrected chi connectivity index (χ3v) is 2.51. The minimum absolute atomic E-state index is 0.0309. The fraction of sp³-hybridized carbons (Fsp3) is 0.846. The van der Waals surface area contributed by atoms with Crippen molar-refractivity contribution in [3.63, 3.8) is 0 Å². The molecule has 2 unspecified atom stereocenters. The molecule has 0 fully saturated rings. The van der Waals surface area contributed by atoms with Crippen LogP contribution in [0.1, 0.15) is 48.5 Å². The minimum atomic E-state index is -0.425. The van der Waals surface area contributed by atoms with Gasteiger partial charge in [-0.15, -0.1) is 0 Å². The Morgan fingerprint density at radius 2 is 1.53 bits per heavy atom. The van der Waals surface area contributed by atoms with E-state index in [1.165, 1.54) is 6.92 Å². The first-order valence-corrected chi connectivity index (χ1v) is 6.13. The highest BCUT2D eigenvalue weighted by Gasteiger charge is 2.27. The van der Waals surface area contributed by atoms with E-state index in [1.807, 2.05) is 34.6 Å². The van der Waals surface area contributed by atoms with Gasteiger partial charge in [-0.25, -0.2) is 0 Å². The summed E-state index contributed by atoms with van der Waals surface area (Å²) >= 11 is 0. The lowest BCUT2D eigenvalue weighted by Crippen LogP contribution is -2.56. The molecule has 0 aromatic heterocycles. The van der Waals surface area contributed by atoms with E-state index in [4.69, 9.17) is 0 Å². The first-order chi connectivity index (χ1) is 7.54. The number of Topliss-reactive ketones (excluding diaryl/α,β-unsaturated/α-hetero) is 1. The Morgan fingerprint density at radius 3 is 1.82 bits per heavy atom. The van der Waals surface area contributed by atoms with Crippen molar-refractivity contribution in [1.82, 2.24) is 10.6 Å². The zero-order valence-electron chi connectivity index (χ0n) is 12.0. The number of amides is 1. The smallest absolute Gasteiger partial charge is 0.237 e. The van der Waals surface area contributed by atoms with Crippen LogP contribution in [0.25, 0.3) is 0 Å². The average Bonchev–Trinajstić information content (AvgIpc) is 2.11. The van der Waals surface area contributed by atoms with E-state index in [0.717, 1.165) is 0 Å². The molecular formula is C13H26N2O2. The summed E-state index contributed by atoms with van der Waals surface area (Å²) in [4.78, 5) is 23.2. The molecule has 0 aromatic carbocycles. The van der Waals surface area contributed by atoms with E-state index in [0.29, 0.717) is 0 Å². The van der Waals surface area contributed by atoms with E-state index in [2.05, 4.69) is 10.6 Å². The van der Waals surface area contributed by atoms with E-state index in [9.17, 15) is 9.59 Å². The molecule has 0 aliphatic rings. The summed E-state index contributed by atoms with van der Waals surface area (Å²) < 4.78 is 0. The Balaban J connectivity index is 4.62. The van der Waals surface area contributed by atoms with Crippen LogP contribution in [0.15, 0.2) is 0 Å². The predicted octanol–water partition coefficient (Wildman–Crippen LogP) is 1.49. The van der Waals surface area contributed by atoms with Crippen LogP contribution in [0.2, 0.25) is 0 Å². The maximum atomic E-state index is 12.1. The van der Waals surface area contributed by atoms with E-state index in [1.54, 1.807) is 6.92 Å². The second-order valence-corrected chi connectivity index (χ2v) is 5.96. The fourth-order valence-electron chi connectivity index (χ4n) is 1.41. The Morgan fingerprint density at radius 1 is 1.06 bits per heavy atom. The van der Waals surface area contributed by atoms with Gasteiger partial charge in [0.05, 0.1) is 12.1 Å². The fourth-order valence-corrected chi connectivity index (χ4v) is 1.41. The van der Waals surface area contributed by atoms with Crippen molar-refractivity contribution >= 4 is 11.7 Å².